The average Bonchev–Trinajstić information content (AvgIpc) is 2.62. The van der Waals surface area contributed by atoms with E-state index in [9.17, 15) is 18.4 Å². The van der Waals surface area contributed by atoms with E-state index in [0.29, 0.717) is 12.5 Å². The summed E-state index contributed by atoms with van der Waals surface area (Å²) in [5.41, 5.74) is 5.66. The number of hydrogen-bond acceptors (Lipinski definition) is 7. The second-order valence-corrected chi connectivity index (χ2v) is 6.47. The van der Waals surface area contributed by atoms with Crippen molar-refractivity contribution in [3.63, 3.8) is 0 Å². The predicted molar refractivity (Wildman–Crippen MR) is 97.3 cm³/mol. The van der Waals surface area contributed by atoms with Crippen LogP contribution in [0.4, 0.5) is 20.3 Å². The van der Waals surface area contributed by atoms with Crippen molar-refractivity contribution in [3.8, 4) is 0 Å². The first-order valence-corrected chi connectivity index (χ1v) is 8.95. The number of carbonyl (C=O) groups excluding carboxylic acids is 2. The summed E-state index contributed by atoms with van der Waals surface area (Å²) in [6, 6.07) is 2.87. The van der Waals surface area contributed by atoms with Gasteiger partial charge in [-0.1, -0.05) is 18.7 Å². The lowest BCUT2D eigenvalue weighted by Gasteiger charge is -2.14. The van der Waals surface area contributed by atoms with Gasteiger partial charge < -0.3 is 15.8 Å². The van der Waals surface area contributed by atoms with Gasteiger partial charge in [0.2, 0.25) is 5.91 Å². The molecule has 27 heavy (non-hydrogen) atoms. The molecule has 1 atom stereocenters. The third-order valence-electron chi connectivity index (χ3n) is 3.39. The molecular formula is C17H18F2N4O3S. The van der Waals surface area contributed by atoms with Crippen LogP contribution in [0, 0.1) is 11.6 Å². The van der Waals surface area contributed by atoms with Crippen LogP contribution in [0.3, 0.4) is 0 Å². The maximum Gasteiger partial charge on any atom is 0.343 e. The Morgan fingerprint density at radius 3 is 2.67 bits per heavy atom. The Morgan fingerprint density at radius 1 is 1.33 bits per heavy atom. The van der Waals surface area contributed by atoms with E-state index in [1.807, 2.05) is 0 Å². The van der Waals surface area contributed by atoms with Crippen LogP contribution in [-0.4, -0.2) is 33.7 Å². The standard InChI is InChI=1S/C17H18F2N4O3S/c1-3-13(15(24)22-12-6-5-9(18)7-11(12)19)27-17-21-8-10(14(20)23-17)16(25)26-4-2/h5-8,13H,3-4H2,1-2H3,(H,22,24)(H2,20,21,23). The van der Waals surface area contributed by atoms with Crippen LogP contribution >= 0.6 is 11.8 Å². The molecule has 0 fully saturated rings. The summed E-state index contributed by atoms with van der Waals surface area (Å²) in [6.45, 7) is 3.61. The lowest BCUT2D eigenvalue weighted by atomic mass is 10.2. The van der Waals surface area contributed by atoms with Gasteiger partial charge in [-0.3, -0.25) is 4.79 Å². The van der Waals surface area contributed by atoms with Crippen molar-refractivity contribution >= 4 is 35.1 Å². The largest absolute Gasteiger partial charge is 0.462 e. The number of thioether (sulfide) groups is 1. The molecule has 0 aliphatic heterocycles. The Morgan fingerprint density at radius 2 is 2.07 bits per heavy atom. The summed E-state index contributed by atoms with van der Waals surface area (Å²) in [5.74, 6) is -2.81. The minimum absolute atomic E-state index is 0.0343. The number of aromatic nitrogens is 2. The smallest absolute Gasteiger partial charge is 0.343 e. The molecule has 0 aliphatic rings. The van der Waals surface area contributed by atoms with E-state index in [1.54, 1.807) is 13.8 Å². The van der Waals surface area contributed by atoms with Gasteiger partial charge >= 0.3 is 5.97 Å². The van der Waals surface area contributed by atoms with E-state index in [1.165, 1.54) is 6.20 Å². The van der Waals surface area contributed by atoms with Gasteiger partial charge in [-0.25, -0.2) is 23.5 Å². The Hall–Kier alpha value is -2.75. The Labute approximate surface area is 158 Å². The first kappa shape index (κ1) is 20.6. The van der Waals surface area contributed by atoms with Gasteiger partial charge in [0.25, 0.3) is 0 Å². The molecular weight excluding hydrogens is 378 g/mol. The minimum atomic E-state index is -0.873. The lowest BCUT2D eigenvalue weighted by molar-refractivity contribution is -0.115. The first-order valence-electron chi connectivity index (χ1n) is 8.07. The average molecular weight is 396 g/mol. The van der Waals surface area contributed by atoms with Crippen molar-refractivity contribution in [1.29, 1.82) is 0 Å². The number of ether oxygens (including phenoxy) is 1. The van der Waals surface area contributed by atoms with E-state index in [2.05, 4.69) is 15.3 Å². The summed E-state index contributed by atoms with van der Waals surface area (Å²) in [7, 11) is 0. The molecule has 0 saturated heterocycles. The van der Waals surface area contributed by atoms with Gasteiger partial charge in [-0.2, -0.15) is 0 Å². The van der Waals surface area contributed by atoms with Gasteiger partial charge in [0.1, 0.15) is 23.0 Å². The summed E-state index contributed by atoms with van der Waals surface area (Å²) in [5, 5.41) is 1.94. The molecule has 0 bridgehead atoms. The molecule has 0 radical (unpaired) electrons. The van der Waals surface area contributed by atoms with Crippen LogP contribution in [0.1, 0.15) is 30.6 Å². The van der Waals surface area contributed by atoms with Gasteiger partial charge in [-0.15, -0.1) is 0 Å². The quantitative estimate of drug-likeness (QED) is 0.421. The Balaban J connectivity index is 2.10. The van der Waals surface area contributed by atoms with Crippen LogP contribution in [0.15, 0.2) is 29.6 Å². The van der Waals surface area contributed by atoms with Crippen LogP contribution in [-0.2, 0) is 9.53 Å². The van der Waals surface area contributed by atoms with Gasteiger partial charge in [0.15, 0.2) is 5.16 Å². The highest BCUT2D eigenvalue weighted by molar-refractivity contribution is 8.00. The Kier molecular flexibility index (Phi) is 7.05. The summed E-state index contributed by atoms with van der Waals surface area (Å²) < 4.78 is 31.5. The highest BCUT2D eigenvalue weighted by Crippen LogP contribution is 2.25. The number of nitrogens with one attached hydrogen (secondary N) is 1. The Bertz CT molecular complexity index is 851. The highest BCUT2D eigenvalue weighted by atomic mass is 32.2. The maximum absolute atomic E-state index is 13.7. The third kappa shape index (κ3) is 5.36. The topological polar surface area (TPSA) is 107 Å². The molecule has 2 rings (SSSR count). The number of halogens is 2. The molecule has 1 aromatic carbocycles. The van der Waals surface area contributed by atoms with E-state index >= 15 is 0 Å². The number of hydrogen-bond donors (Lipinski definition) is 2. The molecule has 2 aromatic rings. The van der Waals surface area contributed by atoms with Crippen molar-refractivity contribution in [2.24, 2.45) is 0 Å². The molecule has 1 aromatic heterocycles. The number of anilines is 2. The summed E-state index contributed by atoms with van der Waals surface area (Å²) in [4.78, 5) is 32.1. The number of amides is 1. The second-order valence-electron chi connectivity index (χ2n) is 5.30. The molecule has 0 aliphatic carbocycles. The number of esters is 1. The molecule has 144 valence electrons. The first-order chi connectivity index (χ1) is 12.8. The lowest BCUT2D eigenvalue weighted by Crippen LogP contribution is -2.25. The number of carbonyl (C=O) groups is 2. The fraction of sp³-hybridized carbons (Fsp3) is 0.294. The number of benzene rings is 1. The summed E-state index contributed by atoms with van der Waals surface area (Å²) >= 11 is 1.01. The monoisotopic (exact) mass is 396 g/mol. The fourth-order valence-corrected chi connectivity index (χ4v) is 2.91. The minimum Gasteiger partial charge on any atom is -0.462 e. The molecule has 0 spiro atoms. The van der Waals surface area contributed by atoms with E-state index in [0.717, 1.165) is 23.9 Å². The fourth-order valence-electron chi connectivity index (χ4n) is 2.05. The van der Waals surface area contributed by atoms with Gasteiger partial charge in [-0.05, 0) is 25.5 Å². The normalized spacial score (nSPS) is 11.7. The maximum atomic E-state index is 13.7. The number of nitrogen functional groups attached to an aromatic ring is 1. The molecule has 0 saturated carbocycles. The van der Waals surface area contributed by atoms with Crippen LogP contribution in [0.5, 0.6) is 0 Å². The summed E-state index contributed by atoms with van der Waals surface area (Å²) in [6.07, 6.45) is 1.62. The van der Waals surface area contributed by atoms with Crippen molar-refractivity contribution in [2.75, 3.05) is 17.7 Å². The predicted octanol–water partition coefficient (Wildman–Crippen LogP) is 3.02. The van der Waals surface area contributed by atoms with Crippen LogP contribution in [0.25, 0.3) is 0 Å². The van der Waals surface area contributed by atoms with E-state index in [-0.39, 0.29) is 28.8 Å². The molecule has 1 amide bonds. The zero-order valence-corrected chi connectivity index (χ0v) is 15.5. The zero-order valence-electron chi connectivity index (χ0n) is 14.7. The van der Waals surface area contributed by atoms with E-state index < -0.39 is 28.8 Å². The second kappa shape index (κ2) is 9.26. The van der Waals surface area contributed by atoms with Gasteiger partial charge in [0.05, 0.1) is 17.5 Å². The molecule has 3 N–H and O–H groups in total. The van der Waals surface area contributed by atoms with E-state index in [4.69, 9.17) is 10.5 Å². The van der Waals surface area contributed by atoms with Crippen LogP contribution < -0.4 is 11.1 Å². The van der Waals surface area contributed by atoms with Gasteiger partial charge in [0, 0.05) is 12.3 Å². The molecule has 7 nitrogen and oxygen atoms in total. The third-order valence-corrected chi connectivity index (χ3v) is 4.63. The number of rotatable bonds is 7. The van der Waals surface area contributed by atoms with Crippen LogP contribution in [0.2, 0.25) is 0 Å². The van der Waals surface area contributed by atoms with Crippen molar-refractivity contribution in [3.05, 3.63) is 41.6 Å². The zero-order chi connectivity index (χ0) is 20.0. The molecule has 1 heterocycles. The molecule has 1 unspecified atom stereocenters. The SMILES string of the molecule is CCOC(=O)c1cnc(SC(CC)C(=O)Nc2ccc(F)cc2F)nc1N. The molecule has 10 heteroatoms. The number of nitrogens with two attached hydrogens (primary N) is 1. The van der Waals surface area contributed by atoms with Crippen molar-refractivity contribution in [1.82, 2.24) is 9.97 Å². The number of nitrogens with zero attached hydrogens (tertiary/aromatic N) is 2. The van der Waals surface area contributed by atoms with Crippen molar-refractivity contribution in [2.45, 2.75) is 30.7 Å². The van der Waals surface area contributed by atoms with Crippen molar-refractivity contribution < 1.29 is 23.1 Å². The highest BCUT2D eigenvalue weighted by Gasteiger charge is 2.22.